The van der Waals surface area contributed by atoms with E-state index in [1.807, 2.05) is 18.7 Å². The Morgan fingerprint density at radius 1 is 1.50 bits per heavy atom. The molecular weight excluding hydrogens is 204 g/mol. The smallest absolute Gasteiger partial charge is 0.251 e. The van der Waals surface area contributed by atoms with E-state index >= 15 is 0 Å². The Bertz CT molecular complexity index is 231. The van der Waals surface area contributed by atoms with Crippen LogP contribution in [0.3, 0.4) is 0 Å². The van der Waals surface area contributed by atoms with Crippen molar-refractivity contribution in [2.75, 3.05) is 13.1 Å². The van der Waals surface area contributed by atoms with Crippen molar-refractivity contribution < 1.29 is 9.53 Å². The number of amides is 1. The van der Waals surface area contributed by atoms with Gasteiger partial charge in [-0.15, -0.1) is 0 Å². The first-order valence-corrected chi connectivity index (χ1v) is 6.26. The highest BCUT2D eigenvalue weighted by Crippen LogP contribution is 2.21. The Kier molecular flexibility index (Phi) is 5.22. The number of ether oxygens (including phenoxy) is 1. The van der Waals surface area contributed by atoms with E-state index in [0.29, 0.717) is 6.54 Å². The maximum Gasteiger partial charge on any atom is 0.251 e. The molecule has 1 rings (SSSR count). The SMILES string of the molecule is CCCN(C(=O)C1CCC(CN)O1)C(C)C. The van der Waals surface area contributed by atoms with Crippen molar-refractivity contribution in [2.45, 2.75) is 58.3 Å². The molecule has 1 aliphatic heterocycles. The molecule has 2 atom stereocenters. The summed E-state index contributed by atoms with van der Waals surface area (Å²) in [6.45, 7) is 7.50. The van der Waals surface area contributed by atoms with Crippen LogP contribution in [0.4, 0.5) is 0 Å². The van der Waals surface area contributed by atoms with Crippen LogP contribution in [-0.4, -0.2) is 42.1 Å². The normalized spacial score (nSPS) is 25.1. The summed E-state index contributed by atoms with van der Waals surface area (Å²) >= 11 is 0. The summed E-state index contributed by atoms with van der Waals surface area (Å²) in [6.07, 6.45) is 2.52. The molecule has 0 aromatic heterocycles. The van der Waals surface area contributed by atoms with Crippen LogP contribution < -0.4 is 5.73 Å². The number of nitrogens with zero attached hydrogens (tertiary/aromatic N) is 1. The molecule has 4 heteroatoms. The van der Waals surface area contributed by atoms with E-state index in [-0.39, 0.29) is 24.2 Å². The van der Waals surface area contributed by atoms with Gasteiger partial charge in [-0.2, -0.15) is 0 Å². The summed E-state index contributed by atoms with van der Waals surface area (Å²) in [5.41, 5.74) is 5.54. The van der Waals surface area contributed by atoms with Crippen LogP contribution in [0.2, 0.25) is 0 Å². The standard InChI is InChI=1S/C12H24N2O2/c1-4-7-14(9(2)3)12(15)11-6-5-10(8-13)16-11/h9-11H,4-8,13H2,1-3H3. The number of rotatable bonds is 5. The Labute approximate surface area is 98.1 Å². The summed E-state index contributed by atoms with van der Waals surface area (Å²) in [7, 11) is 0. The monoisotopic (exact) mass is 228 g/mol. The quantitative estimate of drug-likeness (QED) is 0.767. The predicted molar refractivity (Wildman–Crippen MR) is 64.1 cm³/mol. The van der Waals surface area contributed by atoms with Gasteiger partial charge in [-0.05, 0) is 33.1 Å². The van der Waals surface area contributed by atoms with Gasteiger partial charge < -0.3 is 15.4 Å². The molecule has 1 heterocycles. The van der Waals surface area contributed by atoms with E-state index in [4.69, 9.17) is 10.5 Å². The molecule has 94 valence electrons. The van der Waals surface area contributed by atoms with Gasteiger partial charge in [0.25, 0.3) is 5.91 Å². The van der Waals surface area contributed by atoms with Crippen molar-refractivity contribution in [3.63, 3.8) is 0 Å². The lowest BCUT2D eigenvalue weighted by Crippen LogP contribution is -2.44. The van der Waals surface area contributed by atoms with Gasteiger partial charge in [-0.3, -0.25) is 4.79 Å². The first-order chi connectivity index (χ1) is 7.60. The third-order valence-electron chi connectivity index (χ3n) is 3.02. The molecule has 2 unspecified atom stereocenters. The van der Waals surface area contributed by atoms with Crippen molar-refractivity contribution in [2.24, 2.45) is 5.73 Å². The van der Waals surface area contributed by atoms with E-state index in [1.54, 1.807) is 0 Å². The molecule has 0 bridgehead atoms. The zero-order valence-corrected chi connectivity index (χ0v) is 10.6. The second-order valence-corrected chi connectivity index (χ2v) is 4.69. The molecule has 1 saturated heterocycles. The molecule has 0 spiro atoms. The molecule has 16 heavy (non-hydrogen) atoms. The molecule has 0 aromatic carbocycles. The molecular formula is C12H24N2O2. The number of carbonyl (C=O) groups is 1. The summed E-state index contributed by atoms with van der Waals surface area (Å²) in [5, 5.41) is 0. The van der Waals surface area contributed by atoms with Gasteiger partial charge in [0.2, 0.25) is 0 Å². The van der Waals surface area contributed by atoms with Gasteiger partial charge in [-0.25, -0.2) is 0 Å². The van der Waals surface area contributed by atoms with Crippen molar-refractivity contribution in [1.82, 2.24) is 4.90 Å². The average Bonchev–Trinajstić information content (AvgIpc) is 2.73. The molecule has 2 N–H and O–H groups in total. The van der Waals surface area contributed by atoms with Gasteiger partial charge in [0, 0.05) is 19.1 Å². The van der Waals surface area contributed by atoms with E-state index < -0.39 is 0 Å². The van der Waals surface area contributed by atoms with Gasteiger partial charge in [0.15, 0.2) is 0 Å². The van der Waals surface area contributed by atoms with E-state index in [2.05, 4.69) is 6.92 Å². The van der Waals surface area contributed by atoms with Crippen molar-refractivity contribution in [1.29, 1.82) is 0 Å². The fourth-order valence-electron chi connectivity index (χ4n) is 2.11. The van der Waals surface area contributed by atoms with Crippen LogP contribution in [-0.2, 0) is 9.53 Å². The van der Waals surface area contributed by atoms with Crippen LogP contribution in [0.1, 0.15) is 40.0 Å². The Morgan fingerprint density at radius 3 is 2.62 bits per heavy atom. The second-order valence-electron chi connectivity index (χ2n) is 4.69. The highest BCUT2D eigenvalue weighted by Gasteiger charge is 2.33. The van der Waals surface area contributed by atoms with E-state index in [1.165, 1.54) is 0 Å². The number of nitrogens with two attached hydrogens (primary N) is 1. The van der Waals surface area contributed by atoms with Crippen molar-refractivity contribution >= 4 is 5.91 Å². The number of hydrogen-bond donors (Lipinski definition) is 1. The van der Waals surface area contributed by atoms with Crippen LogP contribution in [0, 0.1) is 0 Å². The van der Waals surface area contributed by atoms with Crippen LogP contribution >= 0.6 is 0 Å². The minimum atomic E-state index is -0.262. The topological polar surface area (TPSA) is 55.6 Å². The fourth-order valence-corrected chi connectivity index (χ4v) is 2.11. The molecule has 0 aromatic rings. The number of carbonyl (C=O) groups excluding carboxylic acids is 1. The van der Waals surface area contributed by atoms with Crippen molar-refractivity contribution in [3.05, 3.63) is 0 Å². The summed E-state index contributed by atoms with van der Waals surface area (Å²) in [4.78, 5) is 14.1. The lowest BCUT2D eigenvalue weighted by molar-refractivity contribution is -0.144. The Morgan fingerprint density at radius 2 is 2.19 bits per heavy atom. The highest BCUT2D eigenvalue weighted by molar-refractivity contribution is 5.81. The molecule has 0 radical (unpaired) electrons. The molecule has 1 fully saturated rings. The fraction of sp³-hybridized carbons (Fsp3) is 0.917. The maximum absolute atomic E-state index is 12.2. The Hall–Kier alpha value is -0.610. The summed E-state index contributed by atoms with van der Waals surface area (Å²) in [5.74, 6) is 0.132. The molecule has 0 saturated carbocycles. The van der Waals surface area contributed by atoms with Crippen LogP contribution in [0.25, 0.3) is 0 Å². The average molecular weight is 228 g/mol. The third kappa shape index (κ3) is 3.19. The summed E-state index contributed by atoms with van der Waals surface area (Å²) < 4.78 is 5.63. The number of hydrogen-bond acceptors (Lipinski definition) is 3. The predicted octanol–water partition coefficient (Wildman–Crippen LogP) is 1.14. The van der Waals surface area contributed by atoms with Crippen LogP contribution in [0.15, 0.2) is 0 Å². The third-order valence-corrected chi connectivity index (χ3v) is 3.02. The first-order valence-electron chi connectivity index (χ1n) is 6.26. The zero-order chi connectivity index (χ0) is 12.1. The maximum atomic E-state index is 12.2. The highest BCUT2D eigenvalue weighted by atomic mass is 16.5. The van der Waals surface area contributed by atoms with Gasteiger partial charge in [-0.1, -0.05) is 6.92 Å². The van der Waals surface area contributed by atoms with Crippen LogP contribution in [0.5, 0.6) is 0 Å². The van der Waals surface area contributed by atoms with Gasteiger partial charge in [0.05, 0.1) is 6.10 Å². The zero-order valence-electron chi connectivity index (χ0n) is 10.6. The second kappa shape index (κ2) is 6.21. The molecule has 1 amide bonds. The van der Waals surface area contributed by atoms with Gasteiger partial charge in [0.1, 0.15) is 6.10 Å². The molecule has 4 nitrogen and oxygen atoms in total. The van der Waals surface area contributed by atoms with E-state index in [9.17, 15) is 4.79 Å². The van der Waals surface area contributed by atoms with Crippen molar-refractivity contribution in [3.8, 4) is 0 Å². The lowest BCUT2D eigenvalue weighted by Gasteiger charge is -2.28. The minimum Gasteiger partial charge on any atom is -0.364 e. The lowest BCUT2D eigenvalue weighted by atomic mass is 10.1. The van der Waals surface area contributed by atoms with E-state index in [0.717, 1.165) is 25.8 Å². The largest absolute Gasteiger partial charge is 0.364 e. The Balaban J connectivity index is 2.54. The molecule has 1 aliphatic rings. The minimum absolute atomic E-state index is 0.0737. The summed E-state index contributed by atoms with van der Waals surface area (Å²) in [6, 6.07) is 0.243. The molecule has 0 aliphatic carbocycles. The first kappa shape index (κ1) is 13.5. The van der Waals surface area contributed by atoms with Gasteiger partial charge >= 0.3 is 0 Å².